The van der Waals surface area contributed by atoms with E-state index in [-0.39, 0.29) is 12.2 Å². The standard InChI is InChI=1S/C23H33N5O6S/c1-11(2)18(22(32)28-19(12(3)29)23(33)34)27-21(31)17(26-20(30)15(24)10-35)8-13-9-25-16-7-5-4-6-14(13)16/h4-7,9,11-12,15,17-19,25,29,35H,8,10,24H2,1-3H3,(H,26,30)(H,27,31)(H,28,32)(H,33,34). The summed E-state index contributed by atoms with van der Waals surface area (Å²) in [7, 11) is 0. The number of aliphatic hydroxyl groups is 1. The SMILES string of the molecule is CC(C)C(NC(=O)C(Cc1c[nH]c2ccccc12)NC(=O)C(N)CS)C(=O)NC(C(=O)O)C(C)O. The van der Waals surface area contributed by atoms with Crippen LogP contribution < -0.4 is 21.7 Å². The molecule has 12 heteroatoms. The highest BCUT2D eigenvalue weighted by Crippen LogP contribution is 2.19. The number of aliphatic carboxylic acids is 1. The van der Waals surface area contributed by atoms with Gasteiger partial charge in [0.15, 0.2) is 6.04 Å². The molecular weight excluding hydrogens is 474 g/mol. The van der Waals surface area contributed by atoms with Crippen molar-refractivity contribution in [1.29, 1.82) is 0 Å². The molecule has 1 heterocycles. The van der Waals surface area contributed by atoms with Crippen molar-refractivity contribution in [3.63, 3.8) is 0 Å². The molecule has 0 fully saturated rings. The Morgan fingerprint density at radius 2 is 1.63 bits per heavy atom. The first kappa shape index (κ1) is 28.1. The molecule has 8 N–H and O–H groups in total. The number of thiol groups is 1. The van der Waals surface area contributed by atoms with Gasteiger partial charge in [0.1, 0.15) is 12.1 Å². The van der Waals surface area contributed by atoms with Crippen LogP contribution in [0.15, 0.2) is 30.5 Å². The third-order valence-corrected chi connectivity index (χ3v) is 5.95. The number of aromatic amines is 1. The minimum atomic E-state index is -1.55. The molecule has 0 bridgehead atoms. The normalized spacial score (nSPS) is 15.6. The van der Waals surface area contributed by atoms with Crippen molar-refractivity contribution in [2.75, 3.05) is 5.75 Å². The summed E-state index contributed by atoms with van der Waals surface area (Å²) in [5.74, 6) is -3.76. The van der Waals surface area contributed by atoms with Gasteiger partial charge in [0.05, 0.1) is 12.1 Å². The third-order valence-electron chi connectivity index (χ3n) is 5.56. The summed E-state index contributed by atoms with van der Waals surface area (Å²) in [6.07, 6.45) is 0.498. The molecule has 3 amide bonds. The van der Waals surface area contributed by atoms with Crippen LogP contribution in [-0.2, 0) is 25.6 Å². The molecule has 0 saturated heterocycles. The fourth-order valence-corrected chi connectivity index (χ4v) is 3.68. The Morgan fingerprint density at radius 3 is 2.20 bits per heavy atom. The van der Waals surface area contributed by atoms with Crippen LogP contribution in [0, 0.1) is 5.92 Å². The molecule has 1 aromatic carbocycles. The van der Waals surface area contributed by atoms with Crippen LogP contribution in [-0.4, -0.2) is 74.9 Å². The first-order valence-electron chi connectivity index (χ1n) is 11.2. The zero-order valence-electron chi connectivity index (χ0n) is 19.8. The maximum atomic E-state index is 13.3. The number of amides is 3. The van der Waals surface area contributed by atoms with Gasteiger partial charge in [0.2, 0.25) is 17.7 Å². The lowest BCUT2D eigenvalue weighted by atomic mass is 10.00. The van der Waals surface area contributed by atoms with Gasteiger partial charge in [-0.1, -0.05) is 32.0 Å². The molecular formula is C23H33N5O6S. The summed E-state index contributed by atoms with van der Waals surface area (Å²) in [6, 6.07) is 2.79. The Bertz CT molecular complexity index is 1060. The minimum absolute atomic E-state index is 0.0696. The fourth-order valence-electron chi connectivity index (χ4n) is 3.51. The van der Waals surface area contributed by atoms with E-state index in [1.165, 1.54) is 6.92 Å². The first-order chi connectivity index (χ1) is 16.5. The summed E-state index contributed by atoms with van der Waals surface area (Å²) < 4.78 is 0. The molecule has 35 heavy (non-hydrogen) atoms. The lowest BCUT2D eigenvalue weighted by molar-refractivity contribution is -0.145. The summed E-state index contributed by atoms with van der Waals surface area (Å²) in [5.41, 5.74) is 7.40. The maximum Gasteiger partial charge on any atom is 0.328 e. The number of aliphatic hydroxyl groups excluding tert-OH is 1. The van der Waals surface area contributed by atoms with E-state index in [2.05, 4.69) is 33.6 Å². The highest BCUT2D eigenvalue weighted by Gasteiger charge is 2.33. The van der Waals surface area contributed by atoms with Crippen LogP contribution in [0.1, 0.15) is 26.3 Å². The van der Waals surface area contributed by atoms with Gasteiger partial charge in [0, 0.05) is 29.3 Å². The summed E-state index contributed by atoms with van der Waals surface area (Å²) in [4.78, 5) is 53.1. The average molecular weight is 508 g/mol. The quantitative estimate of drug-likeness (QED) is 0.179. The van der Waals surface area contributed by atoms with Crippen LogP contribution in [0.2, 0.25) is 0 Å². The number of rotatable bonds is 12. The Morgan fingerprint density at radius 1 is 1.00 bits per heavy atom. The van der Waals surface area contributed by atoms with Crippen molar-refractivity contribution < 1.29 is 29.4 Å². The van der Waals surface area contributed by atoms with Crippen molar-refractivity contribution in [1.82, 2.24) is 20.9 Å². The van der Waals surface area contributed by atoms with Gasteiger partial charge in [-0.3, -0.25) is 14.4 Å². The maximum absolute atomic E-state index is 13.3. The summed E-state index contributed by atoms with van der Waals surface area (Å²) >= 11 is 4.03. The molecule has 0 aliphatic rings. The third kappa shape index (κ3) is 7.44. The Kier molecular flexibility index (Phi) is 10.1. The minimum Gasteiger partial charge on any atom is -0.480 e. The lowest BCUT2D eigenvalue weighted by Gasteiger charge is -2.27. The van der Waals surface area contributed by atoms with Crippen LogP contribution in [0.4, 0.5) is 0 Å². The van der Waals surface area contributed by atoms with Crippen LogP contribution >= 0.6 is 12.6 Å². The van der Waals surface area contributed by atoms with E-state index >= 15 is 0 Å². The number of nitrogens with two attached hydrogens (primary N) is 1. The number of hydrogen-bond acceptors (Lipinski definition) is 7. The predicted octanol–water partition coefficient (Wildman–Crippen LogP) is -0.457. The highest BCUT2D eigenvalue weighted by molar-refractivity contribution is 7.80. The molecule has 0 radical (unpaired) electrons. The number of carbonyl (C=O) groups is 4. The van der Waals surface area contributed by atoms with Gasteiger partial charge in [-0.15, -0.1) is 0 Å². The second kappa shape index (κ2) is 12.6. The molecule has 0 spiro atoms. The Labute approximate surface area is 208 Å². The van der Waals surface area contributed by atoms with Crippen LogP contribution in [0.25, 0.3) is 10.9 Å². The van der Waals surface area contributed by atoms with Crippen molar-refractivity contribution in [3.05, 3.63) is 36.0 Å². The molecule has 5 unspecified atom stereocenters. The number of benzene rings is 1. The number of hydrogen-bond donors (Lipinski definition) is 8. The number of aromatic nitrogens is 1. The number of carbonyl (C=O) groups excluding carboxylic acids is 3. The van der Waals surface area contributed by atoms with Crippen LogP contribution in [0.3, 0.4) is 0 Å². The average Bonchev–Trinajstić information content (AvgIpc) is 3.21. The number of carboxylic acids is 1. The Hall–Kier alpha value is -3.09. The fraction of sp³-hybridized carbons (Fsp3) is 0.478. The van der Waals surface area contributed by atoms with E-state index in [0.29, 0.717) is 0 Å². The van der Waals surface area contributed by atoms with E-state index in [4.69, 9.17) is 5.73 Å². The molecule has 5 atom stereocenters. The van der Waals surface area contributed by atoms with Gasteiger partial charge in [-0.25, -0.2) is 4.79 Å². The second-order valence-corrected chi connectivity index (χ2v) is 9.07. The van der Waals surface area contributed by atoms with Gasteiger partial charge in [0.25, 0.3) is 0 Å². The van der Waals surface area contributed by atoms with Crippen molar-refractivity contribution in [2.45, 2.75) is 57.5 Å². The van der Waals surface area contributed by atoms with Crippen LogP contribution in [0.5, 0.6) is 0 Å². The van der Waals surface area contributed by atoms with Crippen molar-refractivity contribution >= 4 is 47.2 Å². The monoisotopic (exact) mass is 507 g/mol. The largest absolute Gasteiger partial charge is 0.480 e. The Balaban J connectivity index is 2.28. The van der Waals surface area contributed by atoms with Crippen molar-refractivity contribution in [2.24, 2.45) is 11.7 Å². The van der Waals surface area contributed by atoms with E-state index in [1.54, 1.807) is 20.0 Å². The molecule has 0 saturated carbocycles. The topological polar surface area (TPSA) is 187 Å². The number of para-hydroxylation sites is 1. The second-order valence-electron chi connectivity index (χ2n) is 8.71. The molecule has 0 aliphatic carbocycles. The summed E-state index contributed by atoms with van der Waals surface area (Å²) in [5, 5.41) is 27.3. The lowest BCUT2D eigenvalue weighted by Crippen LogP contribution is -2.60. The molecule has 11 nitrogen and oxygen atoms in total. The van der Waals surface area contributed by atoms with E-state index in [0.717, 1.165) is 16.5 Å². The van der Waals surface area contributed by atoms with E-state index < -0.39 is 59.9 Å². The predicted molar refractivity (Wildman–Crippen MR) is 134 cm³/mol. The number of fused-ring (bicyclic) bond motifs is 1. The zero-order valence-corrected chi connectivity index (χ0v) is 20.7. The van der Waals surface area contributed by atoms with Gasteiger partial charge >= 0.3 is 5.97 Å². The molecule has 192 valence electrons. The number of carboxylic acid groups (broad SMARTS) is 1. The number of H-pyrrole nitrogens is 1. The molecule has 2 aromatic rings. The zero-order chi connectivity index (χ0) is 26.3. The van der Waals surface area contributed by atoms with E-state index in [1.807, 2.05) is 24.3 Å². The van der Waals surface area contributed by atoms with E-state index in [9.17, 15) is 29.4 Å². The van der Waals surface area contributed by atoms with Crippen molar-refractivity contribution in [3.8, 4) is 0 Å². The number of nitrogens with one attached hydrogen (secondary N) is 4. The molecule has 0 aliphatic heterocycles. The van der Waals surface area contributed by atoms with Gasteiger partial charge < -0.3 is 36.9 Å². The molecule has 2 rings (SSSR count). The van der Waals surface area contributed by atoms with Gasteiger partial charge in [-0.2, -0.15) is 12.6 Å². The molecule has 1 aromatic heterocycles. The van der Waals surface area contributed by atoms with Gasteiger partial charge in [-0.05, 0) is 24.5 Å². The highest BCUT2D eigenvalue weighted by atomic mass is 32.1. The first-order valence-corrected chi connectivity index (χ1v) is 11.8. The smallest absolute Gasteiger partial charge is 0.328 e. The summed E-state index contributed by atoms with van der Waals surface area (Å²) in [6.45, 7) is 4.58.